The Hall–Kier alpha value is -3.16. The highest BCUT2D eigenvalue weighted by molar-refractivity contribution is 6.23. The topological polar surface area (TPSA) is 126 Å². The third-order valence-electron chi connectivity index (χ3n) is 2.70. The van der Waals surface area contributed by atoms with Crippen LogP contribution in [0.4, 0.5) is 17.5 Å². The molecule has 8 heteroatoms. The minimum absolute atomic E-state index is 0.0149. The van der Waals surface area contributed by atoms with Crippen molar-refractivity contribution in [1.29, 1.82) is 0 Å². The van der Waals surface area contributed by atoms with Gasteiger partial charge in [-0.05, 0) is 12.5 Å². The van der Waals surface area contributed by atoms with E-state index in [1.54, 1.807) is 6.92 Å². The molecule has 0 bridgehead atoms. The van der Waals surface area contributed by atoms with Gasteiger partial charge in [0.15, 0.2) is 11.5 Å². The second-order valence-electron chi connectivity index (χ2n) is 4.41. The lowest BCUT2D eigenvalue weighted by Gasteiger charge is -2.09. The Morgan fingerprint density at radius 3 is 2.70 bits per heavy atom. The van der Waals surface area contributed by atoms with Crippen LogP contribution in [0.3, 0.4) is 0 Å². The number of carbonyl (C=O) groups excluding carboxylic acids is 1. The zero-order valence-electron chi connectivity index (χ0n) is 12.6. The summed E-state index contributed by atoms with van der Waals surface area (Å²) >= 11 is 0. The van der Waals surface area contributed by atoms with Crippen molar-refractivity contribution in [2.24, 2.45) is 4.99 Å². The van der Waals surface area contributed by atoms with E-state index in [-0.39, 0.29) is 36.5 Å². The molecule has 0 amide bonds. The smallest absolute Gasteiger partial charge is 0.349 e. The van der Waals surface area contributed by atoms with Crippen LogP contribution in [0, 0.1) is 0 Å². The van der Waals surface area contributed by atoms with Crippen LogP contribution in [-0.4, -0.2) is 28.8 Å². The number of ether oxygens (including phenoxy) is 2. The molecule has 120 valence electrons. The lowest BCUT2D eigenvalue weighted by atomic mass is 10.2. The lowest BCUT2D eigenvalue weighted by molar-refractivity contribution is -0.134. The highest BCUT2D eigenvalue weighted by atomic mass is 16.5. The van der Waals surface area contributed by atoms with Gasteiger partial charge in [-0.15, -0.1) is 0 Å². The summed E-state index contributed by atoms with van der Waals surface area (Å²) in [6.45, 7) is 2.19. The predicted molar refractivity (Wildman–Crippen MR) is 86.4 cm³/mol. The molecule has 0 radical (unpaired) electrons. The first-order chi connectivity index (χ1) is 11.1. The van der Waals surface area contributed by atoms with E-state index >= 15 is 0 Å². The van der Waals surface area contributed by atoms with Crippen molar-refractivity contribution in [2.45, 2.75) is 13.5 Å². The number of hydrogen-bond donors (Lipinski definition) is 2. The average molecular weight is 315 g/mol. The molecule has 0 unspecified atom stereocenters. The van der Waals surface area contributed by atoms with Crippen LogP contribution in [0.2, 0.25) is 0 Å². The van der Waals surface area contributed by atoms with Gasteiger partial charge in [-0.1, -0.05) is 30.3 Å². The Kier molecular flexibility index (Phi) is 5.45. The van der Waals surface area contributed by atoms with Crippen LogP contribution in [0.1, 0.15) is 12.5 Å². The number of nitrogens with two attached hydrogens (primary N) is 2. The summed E-state index contributed by atoms with van der Waals surface area (Å²) in [6, 6.07) is 9.48. The van der Waals surface area contributed by atoms with Crippen LogP contribution < -0.4 is 16.2 Å². The molecule has 0 aliphatic rings. The van der Waals surface area contributed by atoms with E-state index in [9.17, 15) is 4.79 Å². The molecule has 1 aromatic carbocycles. The van der Waals surface area contributed by atoms with Gasteiger partial charge in [0.1, 0.15) is 12.8 Å². The van der Waals surface area contributed by atoms with Crippen molar-refractivity contribution in [3.63, 3.8) is 0 Å². The molecule has 8 nitrogen and oxygen atoms in total. The maximum absolute atomic E-state index is 11.4. The van der Waals surface area contributed by atoms with Gasteiger partial charge < -0.3 is 20.9 Å². The van der Waals surface area contributed by atoms with E-state index in [0.717, 1.165) is 11.8 Å². The first-order valence-electron chi connectivity index (χ1n) is 6.90. The van der Waals surface area contributed by atoms with E-state index in [1.165, 1.54) is 0 Å². The fourth-order valence-electron chi connectivity index (χ4n) is 1.71. The monoisotopic (exact) mass is 315 g/mol. The molecule has 0 aliphatic carbocycles. The first kappa shape index (κ1) is 16.2. The van der Waals surface area contributed by atoms with Crippen LogP contribution in [-0.2, 0) is 16.1 Å². The number of hydrogen-bond acceptors (Lipinski definition) is 8. The van der Waals surface area contributed by atoms with Gasteiger partial charge in [0, 0.05) is 0 Å². The van der Waals surface area contributed by atoms with Crippen molar-refractivity contribution in [3.8, 4) is 5.88 Å². The molecule has 2 aromatic rings. The minimum Gasteiger partial charge on any atom is -0.471 e. The van der Waals surface area contributed by atoms with Gasteiger partial charge in [-0.3, -0.25) is 0 Å². The average Bonchev–Trinajstić information content (AvgIpc) is 2.53. The Morgan fingerprint density at radius 1 is 1.26 bits per heavy atom. The molecule has 0 atom stereocenters. The van der Waals surface area contributed by atoms with E-state index in [1.807, 2.05) is 30.3 Å². The third kappa shape index (κ3) is 4.67. The molecule has 0 aliphatic heterocycles. The molecule has 23 heavy (non-hydrogen) atoms. The highest BCUT2D eigenvalue weighted by Gasteiger charge is 2.13. The van der Waals surface area contributed by atoms with Gasteiger partial charge >= 0.3 is 5.97 Å². The van der Waals surface area contributed by atoms with E-state index in [4.69, 9.17) is 20.9 Å². The first-order valence-corrected chi connectivity index (χ1v) is 6.90. The fraction of sp³-hybridized carbons (Fsp3) is 0.200. The lowest BCUT2D eigenvalue weighted by Crippen LogP contribution is -2.07. The Bertz CT molecular complexity index is 704. The largest absolute Gasteiger partial charge is 0.471 e. The van der Waals surface area contributed by atoms with Crippen molar-refractivity contribution >= 4 is 29.6 Å². The number of carbonyl (C=O) groups is 1. The Balaban J connectivity index is 2.21. The van der Waals surface area contributed by atoms with Crippen molar-refractivity contribution < 1.29 is 14.3 Å². The molecule has 0 spiro atoms. The second-order valence-corrected chi connectivity index (χ2v) is 4.41. The summed E-state index contributed by atoms with van der Waals surface area (Å²) < 4.78 is 10.4. The number of esters is 1. The maximum Gasteiger partial charge on any atom is 0.349 e. The number of aliphatic imine (C=N–C) groups is 1. The summed E-state index contributed by atoms with van der Waals surface area (Å²) in [7, 11) is 0. The van der Waals surface area contributed by atoms with E-state index in [2.05, 4.69) is 15.0 Å². The number of anilines is 2. The number of aromatic nitrogens is 2. The standard InChI is InChI=1S/C15H17N5O3/c1-2-22-11(21)8-18-12-13(16)19-15(17)20-14(12)23-9-10-6-4-3-5-7-10/h3-8H,2,9H2,1H3,(H4,16,17,19,20). The summed E-state index contributed by atoms with van der Waals surface area (Å²) in [4.78, 5) is 23.1. The fourth-order valence-corrected chi connectivity index (χ4v) is 1.71. The Labute approximate surface area is 133 Å². The minimum atomic E-state index is -0.599. The van der Waals surface area contributed by atoms with Gasteiger partial charge in [0.25, 0.3) is 0 Å². The quantitative estimate of drug-likeness (QED) is 0.610. The predicted octanol–water partition coefficient (Wildman–Crippen LogP) is 1.49. The summed E-state index contributed by atoms with van der Waals surface area (Å²) in [5, 5.41) is 0. The van der Waals surface area contributed by atoms with Crippen LogP contribution in [0.5, 0.6) is 5.88 Å². The molecule has 0 saturated carbocycles. The van der Waals surface area contributed by atoms with E-state index < -0.39 is 5.97 Å². The van der Waals surface area contributed by atoms with Gasteiger partial charge in [-0.2, -0.15) is 9.97 Å². The number of rotatable bonds is 6. The molecule has 2 rings (SSSR count). The van der Waals surface area contributed by atoms with Crippen molar-refractivity contribution in [1.82, 2.24) is 9.97 Å². The number of benzene rings is 1. The van der Waals surface area contributed by atoms with Gasteiger partial charge in [0.2, 0.25) is 11.8 Å². The molecule has 4 N–H and O–H groups in total. The Morgan fingerprint density at radius 2 is 2.00 bits per heavy atom. The van der Waals surface area contributed by atoms with Crippen LogP contribution in [0.25, 0.3) is 0 Å². The molecule has 0 fully saturated rings. The van der Waals surface area contributed by atoms with Gasteiger partial charge in [-0.25, -0.2) is 9.79 Å². The SMILES string of the molecule is CCOC(=O)C=Nc1c(N)nc(N)nc1OCc1ccccc1. The normalized spacial score (nSPS) is 10.7. The van der Waals surface area contributed by atoms with E-state index in [0.29, 0.717) is 0 Å². The van der Waals surface area contributed by atoms with Gasteiger partial charge in [0.05, 0.1) is 6.61 Å². The molecule has 1 aromatic heterocycles. The second kappa shape index (κ2) is 7.74. The summed E-state index contributed by atoms with van der Waals surface area (Å²) in [6.07, 6.45) is 0.990. The molecular weight excluding hydrogens is 298 g/mol. The number of nitrogens with zero attached hydrogens (tertiary/aromatic N) is 3. The highest BCUT2D eigenvalue weighted by Crippen LogP contribution is 2.31. The molecule has 1 heterocycles. The summed E-state index contributed by atoms with van der Waals surface area (Å²) in [5.41, 5.74) is 12.4. The maximum atomic E-state index is 11.4. The summed E-state index contributed by atoms with van der Waals surface area (Å²) in [5.74, 6) is -0.529. The van der Waals surface area contributed by atoms with Crippen molar-refractivity contribution in [2.75, 3.05) is 18.1 Å². The molecular formula is C15H17N5O3. The van der Waals surface area contributed by atoms with Crippen LogP contribution >= 0.6 is 0 Å². The zero-order chi connectivity index (χ0) is 16.7. The zero-order valence-corrected chi connectivity index (χ0v) is 12.6. The van der Waals surface area contributed by atoms with Crippen molar-refractivity contribution in [3.05, 3.63) is 35.9 Å². The molecule has 0 saturated heterocycles. The number of nitrogen functional groups attached to an aromatic ring is 2. The van der Waals surface area contributed by atoms with Crippen LogP contribution in [0.15, 0.2) is 35.3 Å². The third-order valence-corrected chi connectivity index (χ3v) is 2.70.